The molecule has 0 radical (unpaired) electrons. The quantitative estimate of drug-likeness (QED) is 0.611. The molecule has 0 amide bonds. The molecule has 0 atom stereocenters. The second kappa shape index (κ2) is 5.69. The van der Waals surface area contributed by atoms with Crippen LogP contribution in [-0.2, 0) is 11.3 Å². The summed E-state index contributed by atoms with van der Waals surface area (Å²) in [6.07, 6.45) is -3.94. The molecule has 0 fully saturated rings. The Bertz CT molecular complexity index is 403. The number of carbonyl (C=O) groups excluding carboxylic acids is 1. The van der Waals surface area contributed by atoms with Gasteiger partial charge in [-0.3, -0.25) is 4.68 Å². The van der Waals surface area contributed by atoms with E-state index in [4.69, 9.17) is 4.74 Å². The van der Waals surface area contributed by atoms with Gasteiger partial charge in [0.25, 0.3) is 0 Å². The first kappa shape index (κ1) is 14.3. The van der Waals surface area contributed by atoms with Crippen LogP contribution in [0.3, 0.4) is 0 Å². The lowest BCUT2D eigenvalue weighted by Crippen LogP contribution is -2.12. The highest BCUT2D eigenvalue weighted by Gasteiger charge is 2.27. The van der Waals surface area contributed by atoms with Gasteiger partial charge in [-0.1, -0.05) is 0 Å². The summed E-state index contributed by atoms with van der Waals surface area (Å²) < 4.78 is 42.2. The molecule has 0 bridgehead atoms. The minimum absolute atomic E-state index is 0.189. The second-order valence-electron chi connectivity index (χ2n) is 3.18. The van der Waals surface area contributed by atoms with Gasteiger partial charge < -0.3 is 4.74 Å². The lowest BCUT2D eigenvalue weighted by molar-refractivity contribution is -0.137. The molecule has 8 heteroatoms. The van der Waals surface area contributed by atoms with Crippen LogP contribution in [0, 0.1) is 3.70 Å². The molecule has 0 aliphatic rings. The molecule has 1 aromatic heterocycles. The maximum absolute atomic E-state index is 12.0. The highest BCUT2D eigenvalue weighted by atomic mass is 127. The number of rotatable bonds is 4. The molecule has 1 aromatic rings. The van der Waals surface area contributed by atoms with Crippen molar-refractivity contribution >= 4 is 28.6 Å². The van der Waals surface area contributed by atoms with E-state index in [1.807, 2.05) is 0 Å². The lowest BCUT2D eigenvalue weighted by Gasteiger charge is -2.05. The maximum atomic E-state index is 12.0. The van der Waals surface area contributed by atoms with Crippen molar-refractivity contribution in [2.45, 2.75) is 26.1 Å². The highest BCUT2D eigenvalue weighted by Crippen LogP contribution is 2.20. The van der Waals surface area contributed by atoms with E-state index in [0.717, 1.165) is 4.68 Å². The van der Waals surface area contributed by atoms with Crippen LogP contribution < -0.4 is 0 Å². The van der Waals surface area contributed by atoms with E-state index in [0.29, 0.717) is 3.70 Å². The van der Waals surface area contributed by atoms with Gasteiger partial charge in [0.2, 0.25) is 0 Å². The number of halogens is 4. The van der Waals surface area contributed by atoms with Gasteiger partial charge in [-0.25, -0.2) is 4.79 Å². The summed E-state index contributed by atoms with van der Waals surface area (Å²) in [6.45, 7) is 1.56. The number of carbonyl (C=O) groups is 1. The van der Waals surface area contributed by atoms with Gasteiger partial charge in [0.05, 0.1) is 13.0 Å². The fourth-order valence-corrected chi connectivity index (χ4v) is 1.74. The van der Waals surface area contributed by atoms with Crippen LogP contribution in [0.5, 0.6) is 0 Å². The smallest absolute Gasteiger partial charge is 0.390 e. The van der Waals surface area contributed by atoms with Crippen molar-refractivity contribution in [3.8, 4) is 0 Å². The standard InChI is InChI=1S/C9H10F3IN2O2/c1-2-17-8(16)6-5-15(14-7(6)13)4-3-9(10,11)12/h5H,2-4H2,1H3. The zero-order valence-electron chi connectivity index (χ0n) is 8.92. The van der Waals surface area contributed by atoms with E-state index in [-0.39, 0.29) is 18.7 Å². The maximum Gasteiger partial charge on any atom is 0.390 e. The normalized spacial score (nSPS) is 11.6. The summed E-state index contributed by atoms with van der Waals surface area (Å²) >= 11 is 1.78. The first-order chi connectivity index (χ1) is 7.83. The van der Waals surface area contributed by atoms with Crippen LogP contribution >= 0.6 is 22.6 Å². The molecular formula is C9H10F3IN2O2. The van der Waals surface area contributed by atoms with Crippen molar-refractivity contribution in [1.82, 2.24) is 9.78 Å². The van der Waals surface area contributed by atoms with Gasteiger partial charge >= 0.3 is 12.1 Å². The van der Waals surface area contributed by atoms with Crippen molar-refractivity contribution in [2.75, 3.05) is 6.61 Å². The number of hydrogen-bond acceptors (Lipinski definition) is 3. The fraction of sp³-hybridized carbons (Fsp3) is 0.556. The highest BCUT2D eigenvalue weighted by molar-refractivity contribution is 14.1. The van der Waals surface area contributed by atoms with Crippen LogP contribution in [0.15, 0.2) is 6.20 Å². The van der Waals surface area contributed by atoms with Crippen molar-refractivity contribution < 1.29 is 22.7 Å². The van der Waals surface area contributed by atoms with E-state index in [2.05, 4.69) is 5.10 Å². The fourth-order valence-electron chi connectivity index (χ4n) is 1.10. The predicted octanol–water partition coefficient (Wildman–Crippen LogP) is 2.62. The molecule has 96 valence electrons. The van der Waals surface area contributed by atoms with Crippen molar-refractivity contribution in [1.29, 1.82) is 0 Å². The first-order valence-electron chi connectivity index (χ1n) is 4.80. The van der Waals surface area contributed by atoms with Crippen LogP contribution in [-0.4, -0.2) is 28.5 Å². The Hall–Kier alpha value is -0.800. The molecule has 0 saturated carbocycles. The third kappa shape index (κ3) is 4.52. The molecule has 0 saturated heterocycles. The van der Waals surface area contributed by atoms with E-state index in [9.17, 15) is 18.0 Å². The Balaban J connectivity index is 2.71. The van der Waals surface area contributed by atoms with E-state index < -0.39 is 18.6 Å². The molecule has 0 spiro atoms. The number of esters is 1. The number of ether oxygens (including phenoxy) is 1. The van der Waals surface area contributed by atoms with Gasteiger partial charge in [0.15, 0.2) is 0 Å². The molecule has 1 rings (SSSR count). The Morgan fingerprint density at radius 1 is 1.59 bits per heavy atom. The van der Waals surface area contributed by atoms with Gasteiger partial charge in [-0.2, -0.15) is 18.3 Å². The van der Waals surface area contributed by atoms with Crippen LogP contribution in [0.4, 0.5) is 13.2 Å². The molecule has 0 aliphatic heterocycles. The minimum Gasteiger partial charge on any atom is -0.462 e. The van der Waals surface area contributed by atoms with Crippen LogP contribution in [0.2, 0.25) is 0 Å². The van der Waals surface area contributed by atoms with Gasteiger partial charge in [-0.05, 0) is 29.5 Å². The summed E-state index contributed by atoms with van der Waals surface area (Å²) in [5.74, 6) is -0.574. The summed E-state index contributed by atoms with van der Waals surface area (Å²) in [5, 5.41) is 3.82. The van der Waals surface area contributed by atoms with Gasteiger partial charge in [0, 0.05) is 12.7 Å². The summed E-state index contributed by atoms with van der Waals surface area (Å²) in [5.41, 5.74) is 0.189. The molecular weight excluding hydrogens is 352 g/mol. The monoisotopic (exact) mass is 362 g/mol. The van der Waals surface area contributed by atoms with Crippen LogP contribution in [0.25, 0.3) is 0 Å². The Labute approximate surface area is 109 Å². The Morgan fingerprint density at radius 2 is 2.24 bits per heavy atom. The number of aromatic nitrogens is 2. The molecule has 4 nitrogen and oxygen atoms in total. The van der Waals surface area contributed by atoms with Crippen molar-refractivity contribution in [3.63, 3.8) is 0 Å². The van der Waals surface area contributed by atoms with Gasteiger partial charge in [0.1, 0.15) is 9.26 Å². The molecule has 0 unspecified atom stereocenters. The number of alkyl halides is 3. The average Bonchev–Trinajstić information content (AvgIpc) is 2.56. The predicted molar refractivity (Wildman–Crippen MR) is 61.6 cm³/mol. The van der Waals surface area contributed by atoms with E-state index >= 15 is 0 Å². The third-order valence-corrected chi connectivity index (χ3v) is 2.63. The van der Waals surface area contributed by atoms with Gasteiger partial charge in [-0.15, -0.1) is 0 Å². The SMILES string of the molecule is CCOC(=O)c1cn(CCC(F)(F)F)nc1I. The van der Waals surface area contributed by atoms with Crippen molar-refractivity contribution in [3.05, 3.63) is 15.5 Å². The van der Waals surface area contributed by atoms with Crippen LogP contribution in [0.1, 0.15) is 23.7 Å². The summed E-state index contributed by atoms with van der Waals surface area (Å²) in [4.78, 5) is 11.4. The van der Waals surface area contributed by atoms with E-state index in [1.165, 1.54) is 6.20 Å². The molecule has 0 N–H and O–H groups in total. The summed E-state index contributed by atoms with van der Waals surface area (Å²) in [7, 11) is 0. The molecule has 17 heavy (non-hydrogen) atoms. The Morgan fingerprint density at radius 3 is 2.76 bits per heavy atom. The number of hydrogen-bond donors (Lipinski definition) is 0. The van der Waals surface area contributed by atoms with Crippen molar-refractivity contribution in [2.24, 2.45) is 0 Å². The first-order valence-corrected chi connectivity index (χ1v) is 5.88. The van der Waals surface area contributed by atoms with E-state index in [1.54, 1.807) is 29.5 Å². The molecule has 0 aromatic carbocycles. The lowest BCUT2D eigenvalue weighted by atomic mass is 10.4. The second-order valence-corrected chi connectivity index (χ2v) is 4.20. The Kier molecular flexibility index (Phi) is 4.78. The molecule has 0 aliphatic carbocycles. The topological polar surface area (TPSA) is 44.1 Å². The zero-order valence-corrected chi connectivity index (χ0v) is 11.1. The largest absolute Gasteiger partial charge is 0.462 e. The average molecular weight is 362 g/mol. The third-order valence-electron chi connectivity index (χ3n) is 1.84. The molecule has 1 heterocycles. The number of aryl methyl sites for hydroxylation is 1. The minimum atomic E-state index is -4.23. The zero-order chi connectivity index (χ0) is 13.1. The number of nitrogens with zero attached hydrogens (tertiary/aromatic N) is 2. The summed E-state index contributed by atoms with van der Waals surface area (Å²) in [6, 6.07) is 0.